The Hall–Kier alpha value is -1.23. The largest absolute Gasteiger partial charge is 0.491 e. The average molecular weight is 186 g/mol. The topological polar surface area (TPSA) is 58.7 Å². The van der Waals surface area contributed by atoms with E-state index in [0.717, 1.165) is 13.0 Å². The second kappa shape index (κ2) is 4.71. The molecular weight excluding hydrogens is 172 g/mol. The van der Waals surface area contributed by atoms with Crippen molar-refractivity contribution in [3.8, 4) is 5.88 Å². The molecule has 5 nitrogen and oxygen atoms in total. The molecule has 0 saturated heterocycles. The molecule has 0 amide bonds. The Morgan fingerprint density at radius 2 is 2.46 bits per heavy atom. The van der Waals surface area contributed by atoms with Crippen molar-refractivity contribution in [1.82, 2.24) is 5.16 Å². The minimum atomic E-state index is -0.0893. The number of hydrogen-bond donors (Lipinski definition) is 1. The van der Waals surface area contributed by atoms with E-state index >= 15 is 0 Å². The van der Waals surface area contributed by atoms with Gasteiger partial charge in [0.2, 0.25) is 5.88 Å². The van der Waals surface area contributed by atoms with E-state index in [1.807, 2.05) is 11.9 Å². The maximum absolute atomic E-state index is 8.92. The van der Waals surface area contributed by atoms with Crippen LogP contribution in [0.25, 0.3) is 0 Å². The molecule has 5 heteroatoms. The summed E-state index contributed by atoms with van der Waals surface area (Å²) in [7, 11) is 3.54. The normalized spacial score (nSPS) is 10.3. The first kappa shape index (κ1) is 9.85. The molecule has 74 valence electrons. The zero-order valence-electron chi connectivity index (χ0n) is 7.86. The first-order valence-corrected chi connectivity index (χ1v) is 4.10. The van der Waals surface area contributed by atoms with Gasteiger partial charge in [-0.3, -0.25) is 0 Å². The molecule has 0 aliphatic rings. The molecule has 1 heterocycles. The Morgan fingerprint density at radius 3 is 3.00 bits per heavy atom. The van der Waals surface area contributed by atoms with E-state index in [2.05, 4.69) is 5.16 Å². The molecule has 0 unspecified atom stereocenters. The quantitative estimate of drug-likeness (QED) is 0.691. The Kier molecular flexibility index (Phi) is 3.57. The third-order valence-electron chi connectivity index (χ3n) is 1.70. The lowest BCUT2D eigenvalue weighted by Gasteiger charge is -2.13. The molecule has 1 aromatic heterocycles. The summed E-state index contributed by atoms with van der Waals surface area (Å²) in [5.41, 5.74) is 0. The Morgan fingerprint density at radius 1 is 1.69 bits per heavy atom. The second-order valence-corrected chi connectivity index (χ2v) is 2.79. The van der Waals surface area contributed by atoms with Crippen molar-refractivity contribution < 1.29 is 14.4 Å². The minimum absolute atomic E-state index is 0.0893. The molecule has 13 heavy (non-hydrogen) atoms. The van der Waals surface area contributed by atoms with Crippen LogP contribution in [0.5, 0.6) is 5.88 Å². The van der Waals surface area contributed by atoms with Crippen LogP contribution in [-0.4, -0.2) is 37.6 Å². The van der Waals surface area contributed by atoms with Crippen molar-refractivity contribution in [1.29, 1.82) is 0 Å². The zero-order chi connectivity index (χ0) is 9.68. The van der Waals surface area contributed by atoms with Crippen LogP contribution in [0.2, 0.25) is 0 Å². The molecule has 1 N–H and O–H groups in total. The predicted molar refractivity (Wildman–Crippen MR) is 47.9 cm³/mol. The van der Waals surface area contributed by atoms with Gasteiger partial charge in [0.05, 0.1) is 6.07 Å². The number of anilines is 1. The molecule has 0 aromatic carbocycles. The first-order valence-electron chi connectivity index (χ1n) is 4.10. The van der Waals surface area contributed by atoms with Gasteiger partial charge in [-0.1, -0.05) is 0 Å². The van der Waals surface area contributed by atoms with Gasteiger partial charge in [-0.2, -0.15) is 0 Å². The molecule has 0 fully saturated rings. The summed E-state index contributed by atoms with van der Waals surface area (Å²) in [6, 6.07) is 1.48. The SMILES string of the molecule is COCCCN(C)c1cc(O)no1. The Labute approximate surface area is 76.9 Å². The van der Waals surface area contributed by atoms with Crippen LogP contribution >= 0.6 is 0 Å². The lowest BCUT2D eigenvalue weighted by atomic mass is 10.4. The van der Waals surface area contributed by atoms with Gasteiger partial charge in [0.25, 0.3) is 5.88 Å². The Bertz CT molecular complexity index is 249. The van der Waals surface area contributed by atoms with Crippen LogP contribution in [0.3, 0.4) is 0 Å². The van der Waals surface area contributed by atoms with E-state index < -0.39 is 0 Å². The number of rotatable bonds is 5. The highest BCUT2D eigenvalue weighted by molar-refractivity contribution is 5.36. The van der Waals surface area contributed by atoms with E-state index in [4.69, 9.17) is 14.4 Å². The van der Waals surface area contributed by atoms with Crippen molar-refractivity contribution in [2.45, 2.75) is 6.42 Å². The van der Waals surface area contributed by atoms with Crippen molar-refractivity contribution >= 4 is 5.88 Å². The van der Waals surface area contributed by atoms with Gasteiger partial charge < -0.3 is 19.3 Å². The minimum Gasteiger partial charge on any atom is -0.491 e. The molecule has 0 radical (unpaired) electrons. The number of aromatic nitrogens is 1. The van der Waals surface area contributed by atoms with E-state index in [9.17, 15) is 0 Å². The van der Waals surface area contributed by atoms with Gasteiger partial charge in [0.1, 0.15) is 0 Å². The third-order valence-corrected chi connectivity index (χ3v) is 1.70. The van der Waals surface area contributed by atoms with Crippen LogP contribution in [0.1, 0.15) is 6.42 Å². The summed E-state index contributed by atoms with van der Waals surface area (Å²) in [6.45, 7) is 1.52. The molecule has 0 bridgehead atoms. The van der Waals surface area contributed by atoms with E-state index in [-0.39, 0.29) is 5.88 Å². The molecule has 0 spiro atoms. The highest BCUT2D eigenvalue weighted by Crippen LogP contribution is 2.17. The summed E-state index contributed by atoms with van der Waals surface area (Å²) in [6.07, 6.45) is 0.911. The average Bonchev–Trinajstić information content (AvgIpc) is 2.52. The Balaban J connectivity index is 2.35. The van der Waals surface area contributed by atoms with Crippen LogP contribution in [-0.2, 0) is 4.74 Å². The number of hydrogen-bond acceptors (Lipinski definition) is 5. The summed E-state index contributed by atoms with van der Waals surface area (Å²) < 4.78 is 9.75. The lowest BCUT2D eigenvalue weighted by Crippen LogP contribution is -2.18. The molecule has 0 aliphatic heterocycles. The fourth-order valence-corrected chi connectivity index (χ4v) is 0.993. The van der Waals surface area contributed by atoms with Crippen LogP contribution < -0.4 is 4.90 Å². The van der Waals surface area contributed by atoms with Crippen molar-refractivity contribution in [2.75, 3.05) is 32.2 Å². The summed E-state index contributed by atoms with van der Waals surface area (Å²) in [4.78, 5) is 1.87. The second-order valence-electron chi connectivity index (χ2n) is 2.79. The zero-order valence-corrected chi connectivity index (χ0v) is 7.86. The first-order chi connectivity index (χ1) is 6.24. The van der Waals surface area contributed by atoms with E-state index in [1.54, 1.807) is 7.11 Å². The van der Waals surface area contributed by atoms with Crippen molar-refractivity contribution in [3.05, 3.63) is 6.07 Å². The van der Waals surface area contributed by atoms with Crippen molar-refractivity contribution in [3.63, 3.8) is 0 Å². The van der Waals surface area contributed by atoms with E-state index in [1.165, 1.54) is 6.07 Å². The van der Waals surface area contributed by atoms with Crippen molar-refractivity contribution in [2.24, 2.45) is 0 Å². The van der Waals surface area contributed by atoms with Crippen LogP contribution in [0, 0.1) is 0 Å². The van der Waals surface area contributed by atoms with Crippen LogP contribution in [0.15, 0.2) is 10.6 Å². The van der Waals surface area contributed by atoms with Gasteiger partial charge in [0, 0.05) is 27.3 Å². The highest BCUT2D eigenvalue weighted by Gasteiger charge is 2.06. The molecular formula is C8H14N2O3. The molecule has 0 saturated carbocycles. The predicted octanol–water partition coefficient (Wildman–Crippen LogP) is 0.853. The molecule has 1 rings (SSSR count). The molecule has 0 aliphatic carbocycles. The maximum Gasteiger partial charge on any atom is 0.253 e. The fourth-order valence-electron chi connectivity index (χ4n) is 0.993. The van der Waals surface area contributed by atoms with Gasteiger partial charge >= 0.3 is 0 Å². The third kappa shape index (κ3) is 2.95. The van der Waals surface area contributed by atoms with Gasteiger partial charge in [0.15, 0.2) is 0 Å². The molecule has 1 aromatic rings. The number of ether oxygens (including phenoxy) is 1. The van der Waals surface area contributed by atoms with E-state index in [0.29, 0.717) is 12.5 Å². The number of nitrogens with zero attached hydrogens (tertiary/aromatic N) is 2. The summed E-state index contributed by atoms with van der Waals surface area (Å²) in [5.74, 6) is 0.474. The van der Waals surface area contributed by atoms with Gasteiger partial charge in [-0.25, -0.2) is 0 Å². The standard InChI is InChI=1S/C8H14N2O3/c1-10(4-3-5-12-2)8-6-7(11)9-13-8/h6H,3-5H2,1-2H3,(H,9,11). The highest BCUT2D eigenvalue weighted by atomic mass is 16.5. The van der Waals surface area contributed by atoms with Gasteiger partial charge in [-0.15, -0.1) is 0 Å². The number of methoxy groups -OCH3 is 1. The smallest absolute Gasteiger partial charge is 0.253 e. The fraction of sp³-hybridized carbons (Fsp3) is 0.625. The summed E-state index contributed by atoms with van der Waals surface area (Å²) >= 11 is 0. The lowest BCUT2D eigenvalue weighted by molar-refractivity contribution is 0.196. The monoisotopic (exact) mass is 186 g/mol. The maximum atomic E-state index is 8.92. The number of aromatic hydroxyl groups is 1. The van der Waals surface area contributed by atoms with Crippen LogP contribution in [0.4, 0.5) is 5.88 Å². The molecule has 0 atom stereocenters. The summed E-state index contributed by atoms with van der Waals surface area (Å²) in [5, 5.41) is 12.3. The van der Waals surface area contributed by atoms with Gasteiger partial charge in [-0.05, 0) is 11.6 Å².